The van der Waals surface area contributed by atoms with Crippen molar-refractivity contribution in [1.82, 2.24) is 0 Å². The van der Waals surface area contributed by atoms with Crippen molar-refractivity contribution in [2.45, 2.75) is 0 Å². The van der Waals surface area contributed by atoms with Gasteiger partial charge in [0.2, 0.25) is 0 Å². The molecule has 10 aromatic carbocycles. The van der Waals surface area contributed by atoms with Crippen molar-refractivity contribution in [1.29, 1.82) is 0 Å². The summed E-state index contributed by atoms with van der Waals surface area (Å²) in [7, 11) is 0. The number of fused-ring (bicyclic) bond motifs is 7. The molecule has 48 heavy (non-hydrogen) atoms. The van der Waals surface area contributed by atoms with E-state index in [4.69, 9.17) is 21.9 Å². The summed E-state index contributed by atoms with van der Waals surface area (Å²) in [6, 6.07) is -28.9. The summed E-state index contributed by atoms with van der Waals surface area (Å²) in [6.45, 7) is 0. The summed E-state index contributed by atoms with van der Waals surface area (Å²) in [5, 5.41) is -8.50. The fourth-order valence-electron chi connectivity index (χ4n) is 5.69. The van der Waals surface area contributed by atoms with E-state index in [-0.39, 0.29) is 0 Å². The Labute approximate surface area is 321 Å². The fraction of sp³-hybridized carbons (Fsp3) is 0. The maximum absolute atomic E-state index is 10.2. The maximum atomic E-state index is 10.2. The van der Waals surface area contributed by atoms with E-state index in [1.165, 1.54) is 0 Å². The molecule has 0 bridgehead atoms. The van der Waals surface area contributed by atoms with Crippen molar-refractivity contribution in [3.63, 3.8) is 0 Å². The van der Waals surface area contributed by atoms with Crippen LogP contribution in [0, 0.1) is 0 Å². The molecule has 0 aromatic heterocycles. The van der Waals surface area contributed by atoms with Crippen LogP contribution in [0.5, 0.6) is 0 Å². The minimum atomic E-state index is -1.15. The van der Waals surface area contributed by atoms with E-state index in [1.807, 2.05) is 0 Å². The monoisotopic (exact) mass is 636 g/mol. The van der Waals surface area contributed by atoms with Gasteiger partial charge in [0.25, 0.3) is 0 Å². The molecule has 0 nitrogen and oxygen atoms in total. The van der Waals surface area contributed by atoms with Gasteiger partial charge >= 0.3 is 0 Å². The van der Waals surface area contributed by atoms with Crippen molar-refractivity contribution in [3.05, 3.63) is 181 Å². The van der Waals surface area contributed by atoms with Crippen LogP contribution in [0.15, 0.2) is 181 Å². The minimum Gasteiger partial charge on any atom is -0.0616 e. The molecule has 0 radical (unpaired) electrons. The van der Waals surface area contributed by atoms with E-state index in [9.17, 15) is 19.2 Å². The smallest absolute Gasteiger partial charge is 0.0616 e. The molecule has 10 rings (SSSR count). The molecule has 0 amide bonds. The zero-order chi connectivity index (χ0) is 57.7. The summed E-state index contributed by atoms with van der Waals surface area (Å²) in [5.41, 5.74) is -5.29. The molecule has 0 aliphatic rings. The summed E-state index contributed by atoms with van der Waals surface area (Å²) < 4.78 is 273. The van der Waals surface area contributed by atoms with Crippen molar-refractivity contribution < 1.29 is 41.1 Å². The van der Waals surface area contributed by atoms with Crippen LogP contribution >= 0.6 is 0 Å². The van der Waals surface area contributed by atoms with E-state index in [1.54, 1.807) is 0 Å². The fourth-order valence-corrected chi connectivity index (χ4v) is 5.69. The molecule has 0 fully saturated rings. The molecule has 222 valence electrons. The van der Waals surface area contributed by atoms with E-state index in [0.29, 0.717) is 0 Å². The van der Waals surface area contributed by atoms with Gasteiger partial charge in [-0.1, -0.05) is 157 Å². The first kappa shape index (κ1) is 10.6. The highest BCUT2D eigenvalue weighted by Crippen LogP contribution is 2.46. The highest BCUT2D eigenvalue weighted by molar-refractivity contribution is 6.23. The molecule has 0 heterocycles. The Morgan fingerprint density at radius 1 is 0.229 bits per heavy atom. The van der Waals surface area contributed by atoms with Crippen LogP contribution in [-0.4, -0.2) is 0 Å². The third-order valence-electron chi connectivity index (χ3n) is 7.81. The molecule has 0 spiro atoms. The lowest BCUT2D eigenvalue weighted by molar-refractivity contribution is 1.66. The molecule has 0 N–H and O–H groups in total. The topological polar surface area (TPSA) is 0 Å². The van der Waals surface area contributed by atoms with Gasteiger partial charge in [-0.2, -0.15) is 0 Å². The first-order chi connectivity index (χ1) is 36.3. The number of hydrogen-bond donors (Lipinski definition) is 0. The summed E-state index contributed by atoms with van der Waals surface area (Å²) in [6.07, 6.45) is 0. The SMILES string of the molecule is [2H]c1c([2H])c([2H])c2c([2H])c(-c3c([2H])c([2H])c4c(-c5c([2H])c([2H])c6c([2H])c([2H])c([2H])c([2H])c6c5[2H])c5c([2H])c([2H])c([2H])c([2H])c5c(-c5c([2H])c([2H])c6c(c5[2H])c([2H])c([2H])c5c([2H])c([2H])c([2H])c([2H])c56)c4c3[2H])c([2H])c([2H])c2c1[2H]. The average molecular weight is 637 g/mol. The third-order valence-corrected chi connectivity index (χ3v) is 7.81. The highest BCUT2D eigenvalue weighted by Gasteiger charge is 2.18. The molecule has 0 atom stereocenters. The van der Waals surface area contributed by atoms with E-state index < -0.39 is 279 Å². The van der Waals surface area contributed by atoms with Gasteiger partial charge in [-0.05, 0) is 122 Å². The van der Waals surface area contributed by atoms with Gasteiger partial charge in [0, 0.05) is 0 Å². The van der Waals surface area contributed by atoms with Gasteiger partial charge < -0.3 is 0 Å². The number of rotatable bonds is 3. The normalized spacial score (nSPS) is 20.5. The van der Waals surface area contributed by atoms with Gasteiger partial charge in [0.1, 0.15) is 0 Å². The summed E-state index contributed by atoms with van der Waals surface area (Å²) in [5.74, 6) is 0. The van der Waals surface area contributed by atoms with Crippen molar-refractivity contribution in [3.8, 4) is 33.4 Å². The highest BCUT2D eigenvalue weighted by atomic mass is 14.2. The Morgan fingerprint density at radius 2 is 0.604 bits per heavy atom. The van der Waals surface area contributed by atoms with E-state index >= 15 is 0 Å². The lowest BCUT2D eigenvalue weighted by atomic mass is 9.84. The summed E-state index contributed by atoms with van der Waals surface area (Å²) in [4.78, 5) is 0. The molecule has 0 saturated heterocycles. The Bertz CT molecular complexity index is 4600. The van der Waals surface area contributed by atoms with Crippen LogP contribution in [0.1, 0.15) is 41.1 Å². The first-order valence-corrected chi connectivity index (χ1v) is 14.2. The molecule has 0 saturated carbocycles. The zero-order valence-electron chi connectivity index (χ0n) is 54.0. The van der Waals surface area contributed by atoms with Crippen molar-refractivity contribution in [2.75, 3.05) is 0 Å². The average Bonchev–Trinajstić information content (AvgIpc) is 3.53. The minimum absolute atomic E-state index is 0.559. The second-order valence-electron chi connectivity index (χ2n) is 10.5. The lowest BCUT2D eigenvalue weighted by Gasteiger charge is -2.19. The van der Waals surface area contributed by atoms with Gasteiger partial charge in [-0.25, -0.2) is 0 Å². The van der Waals surface area contributed by atoms with Crippen LogP contribution in [0.3, 0.4) is 0 Å². The van der Waals surface area contributed by atoms with Crippen LogP contribution < -0.4 is 0 Å². The van der Waals surface area contributed by atoms with Crippen LogP contribution in [0.25, 0.3) is 98.0 Å². The van der Waals surface area contributed by atoms with E-state index in [0.717, 1.165) is 0 Å². The quantitative estimate of drug-likeness (QED) is 0.134. The molecular formula is C48H30. The van der Waals surface area contributed by atoms with Crippen LogP contribution in [-0.2, 0) is 0 Å². The Morgan fingerprint density at radius 3 is 1.31 bits per heavy atom. The third kappa shape index (κ3) is 4.24. The van der Waals surface area contributed by atoms with Crippen LogP contribution in [0.4, 0.5) is 0 Å². The standard InChI is InChI=1S/C48H30/c1-3-12-34-27-36(20-17-31(34)9-1)37-23-26-45-46(30-37)48(40-24-25-42-38(29-40)21-19-33-11-5-6-14-41(33)42)44-16-8-7-15-43(44)47(45)39-22-18-32-10-2-4-13-35(32)28-39/h1-30H/i1D,2D,3D,4D,5D,6D,7D,8D,9D,10D,11D,12D,13D,14D,15D,16D,17D,18D,19D,20D,21D,22D,23D,24D,25D,26D,27D,28D,29D,30D. The summed E-state index contributed by atoms with van der Waals surface area (Å²) >= 11 is 0. The van der Waals surface area contributed by atoms with Gasteiger partial charge in [-0.3, -0.25) is 0 Å². The Balaban J connectivity index is 1.59. The lowest BCUT2D eigenvalue weighted by Crippen LogP contribution is -1.92. The van der Waals surface area contributed by atoms with Gasteiger partial charge in [-0.15, -0.1) is 0 Å². The van der Waals surface area contributed by atoms with Gasteiger partial charge in [0.15, 0.2) is 0 Å². The number of hydrogen-bond acceptors (Lipinski definition) is 0. The molecule has 0 unspecified atom stereocenters. The van der Waals surface area contributed by atoms with E-state index in [2.05, 4.69) is 0 Å². The molecule has 0 heteroatoms. The second-order valence-corrected chi connectivity index (χ2v) is 10.5. The number of benzene rings is 10. The Hall–Kier alpha value is -6.24. The predicted molar refractivity (Wildman–Crippen MR) is 208 cm³/mol. The van der Waals surface area contributed by atoms with Crippen molar-refractivity contribution in [2.24, 2.45) is 0 Å². The van der Waals surface area contributed by atoms with Crippen molar-refractivity contribution >= 4 is 64.6 Å². The van der Waals surface area contributed by atoms with Gasteiger partial charge in [0.05, 0.1) is 41.1 Å². The zero-order valence-corrected chi connectivity index (χ0v) is 24.0. The molecular weight excluding hydrogens is 577 g/mol. The largest absolute Gasteiger partial charge is 0.0636 e. The van der Waals surface area contributed by atoms with Crippen LogP contribution in [0.2, 0.25) is 0 Å². The maximum Gasteiger partial charge on any atom is 0.0636 e. The molecule has 10 aromatic rings. The Kier molecular flexibility index (Phi) is 2.36. The molecule has 0 aliphatic heterocycles. The predicted octanol–water partition coefficient (Wildman–Crippen LogP) is 13.6. The second kappa shape index (κ2) is 10.7. The first-order valence-electron chi connectivity index (χ1n) is 29.2. The molecule has 0 aliphatic carbocycles.